The molecule has 2 rings (SSSR count). The van der Waals surface area contributed by atoms with Gasteiger partial charge >= 0.3 is 0 Å². The van der Waals surface area contributed by atoms with E-state index in [0.717, 1.165) is 17.1 Å². The van der Waals surface area contributed by atoms with Crippen LogP contribution in [0.2, 0.25) is 0 Å². The van der Waals surface area contributed by atoms with Crippen LogP contribution >= 0.6 is 0 Å². The first-order valence-electron chi connectivity index (χ1n) is 7.40. The average molecular weight is 315 g/mol. The van der Waals surface area contributed by atoms with Gasteiger partial charge in [-0.2, -0.15) is 0 Å². The van der Waals surface area contributed by atoms with Gasteiger partial charge in [0.05, 0.1) is 14.2 Å². The highest BCUT2D eigenvalue weighted by atomic mass is 16.5. The lowest BCUT2D eigenvalue weighted by Crippen LogP contribution is -2.22. The van der Waals surface area contributed by atoms with E-state index in [0.29, 0.717) is 24.5 Å². The Morgan fingerprint density at radius 3 is 2.30 bits per heavy atom. The van der Waals surface area contributed by atoms with E-state index in [1.165, 1.54) is 0 Å². The Hall–Kier alpha value is -2.69. The van der Waals surface area contributed by atoms with Crippen LogP contribution in [0.3, 0.4) is 0 Å². The molecule has 122 valence electrons. The largest absolute Gasteiger partial charge is 0.497 e. The second kappa shape index (κ2) is 8.08. The Morgan fingerprint density at radius 1 is 1.00 bits per heavy atom. The molecule has 2 aromatic rings. The van der Waals surface area contributed by atoms with E-state index >= 15 is 0 Å². The number of methoxy groups -OCH3 is 2. The van der Waals surface area contributed by atoms with Crippen molar-refractivity contribution >= 4 is 5.91 Å². The van der Waals surface area contributed by atoms with Gasteiger partial charge in [0.2, 0.25) is 0 Å². The highest BCUT2D eigenvalue weighted by Gasteiger charge is 2.10. The SMILES string of the molecule is CCNC(=O)c1ccc(OC)c(COc2ccc(OC)cc2)c1. The molecule has 0 aliphatic rings. The number of carbonyl (C=O) groups excluding carboxylic acids is 1. The normalized spacial score (nSPS) is 10.0. The molecule has 0 fully saturated rings. The standard InChI is InChI=1S/C18H21NO4/c1-4-19-18(20)13-5-10-17(22-3)14(11-13)12-23-16-8-6-15(21-2)7-9-16/h5-11H,4,12H2,1-3H3,(H,19,20). The second-order valence-electron chi connectivity index (χ2n) is 4.85. The van der Waals surface area contributed by atoms with Crippen LogP contribution in [-0.4, -0.2) is 26.7 Å². The van der Waals surface area contributed by atoms with Crippen LogP contribution in [0.4, 0.5) is 0 Å². The second-order valence-corrected chi connectivity index (χ2v) is 4.85. The highest BCUT2D eigenvalue weighted by molar-refractivity contribution is 5.94. The number of carbonyl (C=O) groups is 1. The van der Waals surface area contributed by atoms with E-state index in [4.69, 9.17) is 14.2 Å². The fraction of sp³-hybridized carbons (Fsp3) is 0.278. The van der Waals surface area contributed by atoms with Gasteiger partial charge in [-0.15, -0.1) is 0 Å². The number of hydrogen-bond acceptors (Lipinski definition) is 4. The van der Waals surface area contributed by atoms with Gasteiger partial charge in [0, 0.05) is 17.7 Å². The topological polar surface area (TPSA) is 56.8 Å². The van der Waals surface area contributed by atoms with Crippen LogP contribution in [0.25, 0.3) is 0 Å². The lowest BCUT2D eigenvalue weighted by Gasteiger charge is -2.12. The van der Waals surface area contributed by atoms with Crippen LogP contribution in [0.1, 0.15) is 22.8 Å². The molecule has 0 saturated heterocycles. The monoisotopic (exact) mass is 315 g/mol. The zero-order valence-corrected chi connectivity index (χ0v) is 13.6. The van der Waals surface area contributed by atoms with Crippen LogP contribution in [0, 0.1) is 0 Å². The quantitative estimate of drug-likeness (QED) is 0.853. The van der Waals surface area contributed by atoms with Gasteiger partial charge in [0.25, 0.3) is 5.91 Å². The average Bonchev–Trinajstić information content (AvgIpc) is 2.60. The van der Waals surface area contributed by atoms with Gasteiger partial charge in [-0.05, 0) is 49.4 Å². The number of rotatable bonds is 7. The van der Waals surface area contributed by atoms with E-state index in [2.05, 4.69) is 5.32 Å². The van der Waals surface area contributed by atoms with E-state index in [1.807, 2.05) is 31.2 Å². The highest BCUT2D eigenvalue weighted by Crippen LogP contribution is 2.23. The molecule has 0 bridgehead atoms. The van der Waals surface area contributed by atoms with Crippen molar-refractivity contribution in [2.24, 2.45) is 0 Å². The summed E-state index contributed by atoms with van der Waals surface area (Å²) in [6, 6.07) is 12.6. The molecule has 0 heterocycles. The minimum absolute atomic E-state index is 0.110. The third-order valence-electron chi connectivity index (χ3n) is 3.33. The number of nitrogens with one attached hydrogen (secondary N) is 1. The zero-order chi connectivity index (χ0) is 16.7. The molecule has 0 unspecified atom stereocenters. The van der Waals surface area contributed by atoms with Gasteiger partial charge in [0.15, 0.2) is 0 Å². The molecule has 0 spiro atoms. The summed E-state index contributed by atoms with van der Waals surface area (Å²) in [5.74, 6) is 2.07. The first-order valence-corrected chi connectivity index (χ1v) is 7.40. The molecule has 0 aliphatic heterocycles. The molecule has 0 aliphatic carbocycles. The molecular weight excluding hydrogens is 294 g/mol. The Morgan fingerprint density at radius 2 is 1.70 bits per heavy atom. The fourth-order valence-corrected chi connectivity index (χ4v) is 2.13. The fourth-order valence-electron chi connectivity index (χ4n) is 2.13. The van der Waals surface area contributed by atoms with Gasteiger partial charge in [0.1, 0.15) is 23.9 Å². The van der Waals surface area contributed by atoms with E-state index in [9.17, 15) is 4.79 Å². The predicted octanol–water partition coefficient (Wildman–Crippen LogP) is 3.03. The smallest absolute Gasteiger partial charge is 0.251 e. The number of hydrogen-bond donors (Lipinski definition) is 1. The van der Waals surface area contributed by atoms with Crippen molar-refractivity contribution in [3.63, 3.8) is 0 Å². The van der Waals surface area contributed by atoms with E-state index in [1.54, 1.807) is 32.4 Å². The Balaban J connectivity index is 2.13. The molecule has 1 N–H and O–H groups in total. The van der Waals surface area contributed by atoms with Gasteiger partial charge in [-0.3, -0.25) is 4.79 Å². The third-order valence-corrected chi connectivity index (χ3v) is 3.33. The van der Waals surface area contributed by atoms with Crippen molar-refractivity contribution in [1.82, 2.24) is 5.32 Å². The first-order chi connectivity index (χ1) is 11.2. The summed E-state index contributed by atoms with van der Waals surface area (Å²) in [6.45, 7) is 2.78. The summed E-state index contributed by atoms with van der Waals surface area (Å²) in [5, 5.41) is 2.78. The minimum Gasteiger partial charge on any atom is -0.497 e. The van der Waals surface area contributed by atoms with Gasteiger partial charge in [-0.1, -0.05) is 0 Å². The zero-order valence-electron chi connectivity index (χ0n) is 13.6. The molecule has 5 nitrogen and oxygen atoms in total. The molecule has 5 heteroatoms. The third kappa shape index (κ3) is 4.39. The molecular formula is C18H21NO4. The molecule has 0 aromatic heterocycles. The van der Waals surface area contributed by atoms with E-state index < -0.39 is 0 Å². The van der Waals surface area contributed by atoms with Crippen LogP contribution in [-0.2, 0) is 6.61 Å². The number of amides is 1. The summed E-state index contributed by atoms with van der Waals surface area (Å²) in [6.07, 6.45) is 0. The maximum absolute atomic E-state index is 11.9. The molecule has 1 amide bonds. The lowest BCUT2D eigenvalue weighted by atomic mass is 10.1. The van der Waals surface area contributed by atoms with Crippen LogP contribution < -0.4 is 19.5 Å². The molecule has 2 aromatic carbocycles. The minimum atomic E-state index is -0.110. The van der Waals surface area contributed by atoms with E-state index in [-0.39, 0.29) is 5.91 Å². The molecule has 23 heavy (non-hydrogen) atoms. The number of benzene rings is 2. The molecule has 0 radical (unpaired) electrons. The van der Waals surface area contributed by atoms with Gasteiger partial charge < -0.3 is 19.5 Å². The summed E-state index contributed by atoms with van der Waals surface area (Å²) in [4.78, 5) is 11.9. The van der Waals surface area contributed by atoms with Crippen LogP contribution in [0.15, 0.2) is 42.5 Å². The van der Waals surface area contributed by atoms with Crippen molar-refractivity contribution < 1.29 is 19.0 Å². The summed E-state index contributed by atoms with van der Waals surface area (Å²) in [5.41, 5.74) is 1.40. The van der Waals surface area contributed by atoms with Crippen LogP contribution in [0.5, 0.6) is 17.2 Å². The van der Waals surface area contributed by atoms with Gasteiger partial charge in [-0.25, -0.2) is 0 Å². The van der Waals surface area contributed by atoms with Crippen molar-refractivity contribution in [2.75, 3.05) is 20.8 Å². The Bertz CT molecular complexity index is 653. The summed E-state index contributed by atoms with van der Waals surface area (Å²) < 4.78 is 16.2. The maximum Gasteiger partial charge on any atom is 0.251 e. The van der Waals surface area contributed by atoms with Crippen molar-refractivity contribution in [3.8, 4) is 17.2 Å². The lowest BCUT2D eigenvalue weighted by molar-refractivity contribution is 0.0955. The molecule has 0 atom stereocenters. The Kier molecular flexibility index (Phi) is 5.86. The summed E-state index contributed by atoms with van der Waals surface area (Å²) in [7, 11) is 3.21. The van der Waals surface area contributed by atoms with Crippen molar-refractivity contribution in [1.29, 1.82) is 0 Å². The van der Waals surface area contributed by atoms with Crippen molar-refractivity contribution in [3.05, 3.63) is 53.6 Å². The number of ether oxygens (including phenoxy) is 3. The first kappa shape index (κ1) is 16.7. The maximum atomic E-state index is 11.9. The molecule has 0 saturated carbocycles. The summed E-state index contributed by atoms with van der Waals surface area (Å²) >= 11 is 0. The Labute approximate surface area is 136 Å². The van der Waals surface area contributed by atoms with Crippen molar-refractivity contribution in [2.45, 2.75) is 13.5 Å². The predicted molar refractivity (Wildman–Crippen MR) is 88.3 cm³/mol.